The van der Waals surface area contributed by atoms with Gasteiger partial charge in [-0.15, -0.1) is 0 Å². The Labute approximate surface area is 151 Å². The molecule has 0 N–H and O–H groups in total. The lowest BCUT2D eigenvalue weighted by Crippen LogP contribution is -2.18. The number of ether oxygens (including phenoxy) is 4. The van der Waals surface area contributed by atoms with Crippen molar-refractivity contribution in [1.29, 1.82) is 0 Å². The van der Waals surface area contributed by atoms with Crippen LogP contribution >= 0.6 is 0 Å². The maximum atomic E-state index is 12.0. The smallest absolute Gasteiger partial charge is 0.349 e. The number of aryl methyl sites for hydroxylation is 1. The first-order chi connectivity index (χ1) is 12.5. The summed E-state index contributed by atoms with van der Waals surface area (Å²) < 4.78 is 20.5. The maximum Gasteiger partial charge on any atom is 0.349 e. The Hall–Kier alpha value is -3.28. The largest absolute Gasteiger partial charge is 0.493 e. The van der Waals surface area contributed by atoms with E-state index in [1.54, 1.807) is 30.3 Å². The number of carbonyl (C=O) groups excluding carboxylic acids is 2. The molecule has 2 aromatic rings. The van der Waals surface area contributed by atoms with E-state index in [1.807, 2.05) is 25.1 Å². The fourth-order valence-electron chi connectivity index (χ4n) is 2.11. The topological polar surface area (TPSA) is 71.1 Å². The number of esters is 2. The molecule has 0 spiro atoms. The molecule has 0 aliphatic heterocycles. The number of rotatable bonds is 7. The molecular formula is C20H20O6. The van der Waals surface area contributed by atoms with Crippen molar-refractivity contribution in [3.05, 3.63) is 59.7 Å². The predicted molar refractivity (Wildman–Crippen MR) is 96.4 cm³/mol. The highest BCUT2D eigenvalue weighted by Gasteiger charge is 2.12. The lowest BCUT2D eigenvalue weighted by atomic mass is 10.2. The molecule has 2 rings (SSSR count). The van der Waals surface area contributed by atoms with Crippen LogP contribution < -0.4 is 14.2 Å². The van der Waals surface area contributed by atoms with E-state index in [0.29, 0.717) is 17.1 Å². The Kier molecular flexibility index (Phi) is 6.79. The minimum atomic E-state index is -0.551. The highest BCUT2D eigenvalue weighted by molar-refractivity contribution is 5.87. The van der Waals surface area contributed by atoms with Gasteiger partial charge in [0.2, 0.25) is 0 Å². The monoisotopic (exact) mass is 356 g/mol. The SMILES string of the molecule is COC(=O)/C=C/c1ccc(OC(=O)COc2ccccc2C)c(OC)c1. The van der Waals surface area contributed by atoms with Crippen molar-refractivity contribution >= 4 is 18.0 Å². The molecular weight excluding hydrogens is 336 g/mol. The summed E-state index contributed by atoms with van der Waals surface area (Å²) in [7, 11) is 2.76. The molecule has 6 heteroatoms. The van der Waals surface area contributed by atoms with Gasteiger partial charge in [0.25, 0.3) is 0 Å². The van der Waals surface area contributed by atoms with Gasteiger partial charge < -0.3 is 18.9 Å². The zero-order valence-corrected chi connectivity index (χ0v) is 14.9. The molecule has 0 fully saturated rings. The molecule has 6 nitrogen and oxygen atoms in total. The van der Waals surface area contributed by atoms with Crippen LogP contribution in [0.5, 0.6) is 17.2 Å². The van der Waals surface area contributed by atoms with Crippen LogP contribution in [0, 0.1) is 6.92 Å². The lowest BCUT2D eigenvalue weighted by molar-refractivity contribution is -0.137. The Balaban J connectivity index is 2.01. The van der Waals surface area contributed by atoms with E-state index < -0.39 is 11.9 Å². The third-order valence-corrected chi connectivity index (χ3v) is 3.46. The van der Waals surface area contributed by atoms with Crippen LogP contribution in [0.15, 0.2) is 48.5 Å². The van der Waals surface area contributed by atoms with E-state index in [4.69, 9.17) is 14.2 Å². The average molecular weight is 356 g/mol. The van der Waals surface area contributed by atoms with E-state index in [9.17, 15) is 9.59 Å². The second kappa shape index (κ2) is 9.27. The molecule has 0 saturated carbocycles. The summed E-state index contributed by atoms with van der Waals surface area (Å²) in [4.78, 5) is 23.2. The Bertz CT molecular complexity index is 810. The average Bonchev–Trinajstić information content (AvgIpc) is 2.66. The first-order valence-electron chi connectivity index (χ1n) is 7.86. The van der Waals surface area contributed by atoms with Crippen LogP contribution in [0.3, 0.4) is 0 Å². The number of benzene rings is 2. The summed E-state index contributed by atoms with van der Waals surface area (Å²) in [5, 5.41) is 0. The number of para-hydroxylation sites is 1. The molecule has 2 aromatic carbocycles. The van der Waals surface area contributed by atoms with Crippen molar-refractivity contribution in [2.45, 2.75) is 6.92 Å². The van der Waals surface area contributed by atoms with Gasteiger partial charge >= 0.3 is 11.9 Å². The molecule has 0 aromatic heterocycles. The van der Waals surface area contributed by atoms with E-state index in [0.717, 1.165) is 5.56 Å². The van der Waals surface area contributed by atoms with Crippen LogP contribution in [0.4, 0.5) is 0 Å². The van der Waals surface area contributed by atoms with E-state index >= 15 is 0 Å². The third-order valence-electron chi connectivity index (χ3n) is 3.46. The Morgan fingerprint density at radius 1 is 1.00 bits per heavy atom. The zero-order chi connectivity index (χ0) is 18.9. The number of methoxy groups -OCH3 is 2. The molecule has 26 heavy (non-hydrogen) atoms. The van der Waals surface area contributed by atoms with Gasteiger partial charge in [-0.3, -0.25) is 0 Å². The van der Waals surface area contributed by atoms with Gasteiger partial charge in [0.05, 0.1) is 14.2 Å². The van der Waals surface area contributed by atoms with Crippen molar-refractivity contribution in [2.75, 3.05) is 20.8 Å². The van der Waals surface area contributed by atoms with Crippen LogP contribution in [0.25, 0.3) is 6.08 Å². The molecule has 0 radical (unpaired) electrons. The van der Waals surface area contributed by atoms with Crippen molar-refractivity contribution < 1.29 is 28.5 Å². The summed E-state index contributed by atoms with van der Waals surface area (Å²) in [6, 6.07) is 12.3. The molecule has 0 aliphatic rings. The summed E-state index contributed by atoms with van der Waals surface area (Å²) in [5.41, 5.74) is 1.63. The summed E-state index contributed by atoms with van der Waals surface area (Å²) in [6.45, 7) is 1.67. The minimum absolute atomic E-state index is 0.224. The Morgan fingerprint density at radius 3 is 2.46 bits per heavy atom. The third kappa shape index (κ3) is 5.37. The van der Waals surface area contributed by atoms with Gasteiger partial charge in [-0.25, -0.2) is 9.59 Å². The normalized spacial score (nSPS) is 10.4. The van der Waals surface area contributed by atoms with Crippen LogP contribution in [0.2, 0.25) is 0 Å². The highest BCUT2D eigenvalue weighted by Crippen LogP contribution is 2.29. The molecule has 136 valence electrons. The maximum absolute atomic E-state index is 12.0. The van der Waals surface area contributed by atoms with Gasteiger partial charge in [0.15, 0.2) is 18.1 Å². The van der Waals surface area contributed by atoms with Gasteiger partial charge in [-0.05, 0) is 42.3 Å². The summed E-state index contributed by atoms with van der Waals surface area (Å²) in [5.74, 6) is 0.235. The fourth-order valence-corrected chi connectivity index (χ4v) is 2.11. The molecule has 0 aliphatic carbocycles. The fraction of sp³-hybridized carbons (Fsp3) is 0.200. The van der Waals surface area contributed by atoms with Crippen molar-refractivity contribution in [2.24, 2.45) is 0 Å². The first kappa shape index (κ1) is 19.1. The van der Waals surface area contributed by atoms with E-state index in [1.165, 1.54) is 20.3 Å². The van der Waals surface area contributed by atoms with Gasteiger partial charge in [0.1, 0.15) is 5.75 Å². The zero-order valence-electron chi connectivity index (χ0n) is 14.9. The van der Waals surface area contributed by atoms with E-state index in [2.05, 4.69) is 4.74 Å². The lowest BCUT2D eigenvalue weighted by Gasteiger charge is -2.11. The quantitative estimate of drug-likeness (QED) is 0.431. The number of hydrogen-bond donors (Lipinski definition) is 0. The van der Waals surface area contributed by atoms with Gasteiger partial charge in [-0.2, -0.15) is 0 Å². The minimum Gasteiger partial charge on any atom is -0.493 e. The van der Waals surface area contributed by atoms with Crippen LogP contribution in [-0.2, 0) is 14.3 Å². The van der Waals surface area contributed by atoms with Crippen LogP contribution in [0.1, 0.15) is 11.1 Å². The van der Waals surface area contributed by atoms with Crippen molar-refractivity contribution in [3.8, 4) is 17.2 Å². The molecule has 0 heterocycles. The molecule has 0 atom stereocenters. The Morgan fingerprint density at radius 2 is 1.77 bits per heavy atom. The van der Waals surface area contributed by atoms with E-state index in [-0.39, 0.29) is 12.4 Å². The second-order valence-corrected chi connectivity index (χ2v) is 5.30. The van der Waals surface area contributed by atoms with Crippen molar-refractivity contribution in [3.63, 3.8) is 0 Å². The highest BCUT2D eigenvalue weighted by atomic mass is 16.6. The van der Waals surface area contributed by atoms with Crippen molar-refractivity contribution in [1.82, 2.24) is 0 Å². The second-order valence-electron chi connectivity index (χ2n) is 5.30. The summed E-state index contributed by atoms with van der Waals surface area (Å²) in [6.07, 6.45) is 2.86. The first-order valence-corrected chi connectivity index (χ1v) is 7.86. The standard InChI is InChI=1S/C20H20O6/c1-14-6-4-5-7-16(14)25-13-20(22)26-17-10-8-15(12-18(17)23-2)9-11-19(21)24-3/h4-12H,13H2,1-3H3/b11-9+. The van der Waals surface area contributed by atoms with Gasteiger partial charge in [-0.1, -0.05) is 24.3 Å². The molecule has 0 amide bonds. The molecule has 0 bridgehead atoms. The molecule has 0 unspecified atom stereocenters. The summed E-state index contributed by atoms with van der Waals surface area (Å²) >= 11 is 0. The van der Waals surface area contributed by atoms with Crippen LogP contribution in [-0.4, -0.2) is 32.8 Å². The number of carbonyl (C=O) groups is 2. The number of hydrogen-bond acceptors (Lipinski definition) is 6. The predicted octanol–water partition coefficient (Wildman–Crippen LogP) is 3.17. The van der Waals surface area contributed by atoms with Gasteiger partial charge in [0, 0.05) is 6.08 Å². The molecule has 0 saturated heterocycles.